The fraction of sp³-hybridized carbons (Fsp3) is 0.500. The van der Waals surface area contributed by atoms with Gasteiger partial charge in [0, 0.05) is 11.8 Å². The number of rotatable bonds is 2. The van der Waals surface area contributed by atoms with E-state index in [1.807, 2.05) is 0 Å². The first kappa shape index (κ1) is 12.1. The van der Waals surface area contributed by atoms with Crippen molar-refractivity contribution in [3.63, 3.8) is 0 Å². The van der Waals surface area contributed by atoms with E-state index in [-0.39, 0.29) is 5.91 Å². The molecule has 0 bridgehead atoms. The minimum absolute atomic E-state index is 0.223. The Bertz CT molecular complexity index is 478. The molecule has 0 unspecified atom stereocenters. The quantitative estimate of drug-likeness (QED) is 0.851. The van der Waals surface area contributed by atoms with Gasteiger partial charge in [-0.05, 0) is 30.7 Å². The maximum Gasteiger partial charge on any atom is 0.339 e. The molecule has 0 spiro atoms. The molecule has 0 radical (unpaired) electrons. The van der Waals surface area contributed by atoms with E-state index in [1.54, 1.807) is 0 Å². The Hall–Kier alpha value is -1.36. The lowest BCUT2D eigenvalue weighted by molar-refractivity contribution is -0.114. The summed E-state index contributed by atoms with van der Waals surface area (Å²) < 4.78 is 0. The third kappa shape index (κ3) is 2.34. The first-order valence-corrected chi connectivity index (χ1v) is 6.46. The molecule has 1 aliphatic rings. The first-order valence-electron chi connectivity index (χ1n) is 5.64. The van der Waals surface area contributed by atoms with Gasteiger partial charge in [0.25, 0.3) is 0 Å². The maximum absolute atomic E-state index is 11.3. The molecule has 0 aromatic carbocycles. The lowest BCUT2D eigenvalue weighted by atomic mass is 9.88. The van der Waals surface area contributed by atoms with Gasteiger partial charge in [0.15, 0.2) is 0 Å². The van der Waals surface area contributed by atoms with Crippen LogP contribution in [-0.2, 0) is 17.6 Å². The number of carbonyl (C=O) groups excluding carboxylic acids is 1. The molecule has 1 aromatic heterocycles. The van der Waals surface area contributed by atoms with Crippen molar-refractivity contribution in [2.45, 2.75) is 33.1 Å². The van der Waals surface area contributed by atoms with E-state index in [9.17, 15) is 14.7 Å². The zero-order valence-corrected chi connectivity index (χ0v) is 10.7. The molecule has 2 rings (SSSR count). The lowest BCUT2D eigenvalue weighted by Gasteiger charge is -2.17. The van der Waals surface area contributed by atoms with Crippen LogP contribution >= 0.6 is 11.3 Å². The van der Waals surface area contributed by atoms with E-state index in [2.05, 4.69) is 12.2 Å². The Kier molecular flexibility index (Phi) is 3.19. The summed E-state index contributed by atoms with van der Waals surface area (Å²) in [7, 11) is 0. The van der Waals surface area contributed by atoms with Crippen molar-refractivity contribution in [3.8, 4) is 0 Å². The summed E-state index contributed by atoms with van der Waals surface area (Å²) in [5.41, 5.74) is 1.22. The van der Waals surface area contributed by atoms with Crippen molar-refractivity contribution >= 4 is 28.2 Å². The van der Waals surface area contributed by atoms with E-state index in [0.717, 1.165) is 29.7 Å². The molecule has 1 heterocycles. The second kappa shape index (κ2) is 4.49. The molecule has 0 saturated heterocycles. The Labute approximate surface area is 104 Å². The molecule has 0 saturated carbocycles. The number of hydrogen-bond donors (Lipinski definition) is 2. The number of carboxylic acids is 1. The second-order valence-electron chi connectivity index (χ2n) is 4.54. The molecule has 2 N–H and O–H groups in total. The van der Waals surface area contributed by atoms with Gasteiger partial charge in [-0.2, -0.15) is 0 Å². The number of fused-ring (bicyclic) bond motifs is 1. The van der Waals surface area contributed by atoms with Crippen LogP contribution in [0, 0.1) is 5.92 Å². The Morgan fingerprint density at radius 3 is 2.76 bits per heavy atom. The van der Waals surface area contributed by atoms with Crippen molar-refractivity contribution in [1.82, 2.24) is 0 Å². The normalized spacial score (nSPS) is 18.6. The van der Waals surface area contributed by atoms with E-state index < -0.39 is 5.97 Å². The summed E-state index contributed by atoms with van der Waals surface area (Å²) in [5.74, 6) is -0.576. The zero-order chi connectivity index (χ0) is 12.6. The van der Waals surface area contributed by atoms with Crippen molar-refractivity contribution in [3.05, 3.63) is 16.0 Å². The highest BCUT2D eigenvalue weighted by Gasteiger charge is 2.27. The van der Waals surface area contributed by atoms with Gasteiger partial charge in [-0.3, -0.25) is 4.79 Å². The average molecular weight is 253 g/mol. The summed E-state index contributed by atoms with van der Waals surface area (Å²) in [4.78, 5) is 23.5. The number of nitrogens with one attached hydrogen (secondary N) is 1. The van der Waals surface area contributed by atoms with Gasteiger partial charge in [-0.1, -0.05) is 6.92 Å². The number of amides is 1. The predicted octanol–water partition coefficient (Wildman–Crippen LogP) is 2.53. The molecule has 17 heavy (non-hydrogen) atoms. The van der Waals surface area contributed by atoms with E-state index in [4.69, 9.17) is 0 Å². The second-order valence-corrected chi connectivity index (χ2v) is 5.65. The van der Waals surface area contributed by atoms with Crippen LogP contribution in [0.4, 0.5) is 5.00 Å². The van der Waals surface area contributed by atoms with Gasteiger partial charge in [-0.15, -0.1) is 11.3 Å². The number of carbonyl (C=O) groups is 2. The Morgan fingerprint density at radius 1 is 1.47 bits per heavy atom. The highest BCUT2D eigenvalue weighted by Crippen LogP contribution is 2.39. The highest BCUT2D eigenvalue weighted by atomic mass is 32.1. The number of anilines is 1. The molecule has 1 amide bonds. The Morgan fingerprint density at radius 2 is 2.18 bits per heavy atom. The smallest absolute Gasteiger partial charge is 0.339 e. The number of aromatic carboxylic acids is 1. The molecular formula is C12H15NO3S. The lowest BCUT2D eigenvalue weighted by Crippen LogP contribution is -2.13. The van der Waals surface area contributed by atoms with Crippen LogP contribution in [0.3, 0.4) is 0 Å². The highest BCUT2D eigenvalue weighted by molar-refractivity contribution is 7.17. The third-order valence-corrected chi connectivity index (χ3v) is 4.18. The summed E-state index contributed by atoms with van der Waals surface area (Å²) >= 11 is 1.41. The summed E-state index contributed by atoms with van der Waals surface area (Å²) in [6, 6.07) is 0. The van der Waals surface area contributed by atoms with Gasteiger partial charge >= 0.3 is 5.97 Å². The van der Waals surface area contributed by atoms with Crippen LogP contribution in [0.1, 0.15) is 41.1 Å². The summed E-state index contributed by atoms with van der Waals surface area (Å²) in [6.45, 7) is 3.56. The van der Waals surface area contributed by atoms with Gasteiger partial charge in [-0.25, -0.2) is 4.79 Å². The minimum atomic E-state index is -0.944. The largest absolute Gasteiger partial charge is 0.478 e. The fourth-order valence-electron chi connectivity index (χ4n) is 2.22. The van der Waals surface area contributed by atoms with Crippen molar-refractivity contribution in [2.75, 3.05) is 5.32 Å². The van der Waals surface area contributed by atoms with Gasteiger partial charge in [0.05, 0.1) is 5.56 Å². The maximum atomic E-state index is 11.3. The van der Waals surface area contributed by atoms with Crippen LogP contribution < -0.4 is 5.32 Å². The molecule has 5 heteroatoms. The predicted molar refractivity (Wildman–Crippen MR) is 66.8 cm³/mol. The van der Waals surface area contributed by atoms with Gasteiger partial charge < -0.3 is 10.4 Å². The summed E-state index contributed by atoms with van der Waals surface area (Å²) in [6.07, 6.45) is 2.73. The van der Waals surface area contributed by atoms with Crippen molar-refractivity contribution in [1.29, 1.82) is 0 Å². The molecule has 0 aliphatic heterocycles. The van der Waals surface area contributed by atoms with Crippen molar-refractivity contribution < 1.29 is 14.7 Å². The van der Waals surface area contributed by atoms with Gasteiger partial charge in [0.2, 0.25) is 5.91 Å². The number of thiophene rings is 1. The molecule has 92 valence electrons. The molecule has 1 aliphatic carbocycles. The van der Waals surface area contributed by atoms with Crippen LogP contribution in [0.2, 0.25) is 0 Å². The van der Waals surface area contributed by atoms with Crippen molar-refractivity contribution in [2.24, 2.45) is 5.92 Å². The van der Waals surface area contributed by atoms with Gasteiger partial charge in [0.1, 0.15) is 5.00 Å². The fourth-order valence-corrected chi connectivity index (χ4v) is 3.67. The van der Waals surface area contributed by atoms with E-state index in [1.165, 1.54) is 18.3 Å². The number of hydrogen-bond acceptors (Lipinski definition) is 3. The topological polar surface area (TPSA) is 66.4 Å². The zero-order valence-electron chi connectivity index (χ0n) is 9.87. The van der Waals surface area contributed by atoms with Crippen LogP contribution in [0.5, 0.6) is 0 Å². The minimum Gasteiger partial charge on any atom is -0.478 e. The molecule has 0 fully saturated rings. The SMILES string of the molecule is CC(=O)Nc1sc2c(c1C(=O)O)CC[C@H](C)C2. The number of carboxylic acid groups (broad SMARTS) is 1. The molecular weight excluding hydrogens is 238 g/mol. The molecule has 1 atom stereocenters. The molecule has 1 aromatic rings. The van der Waals surface area contributed by atoms with Crippen LogP contribution in [-0.4, -0.2) is 17.0 Å². The first-order chi connectivity index (χ1) is 7.99. The van der Waals surface area contributed by atoms with E-state index >= 15 is 0 Å². The summed E-state index contributed by atoms with van der Waals surface area (Å²) in [5, 5.41) is 12.4. The third-order valence-electron chi connectivity index (χ3n) is 3.02. The molecule has 4 nitrogen and oxygen atoms in total. The average Bonchev–Trinajstić information content (AvgIpc) is 2.53. The Balaban J connectivity index is 2.46. The van der Waals surface area contributed by atoms with E-state index in [0.29, 0.717) is 16.5 Å². The monoisotopic (exact) mass is 253 g/mol. The van der Waals surface area contributed by atoms with Crippen LogP contribution in [0.25, 0.3) is 0 Å². The standard InChI is InChI=1S/C12H15NO3S/c1-6-3-4-8-9(5-6)17-11(13-7(2)14)10(8)12(15)16/h6H,3-5H2,1-2H3,(H,13,14)(H,15,16)/t6-/m0/s1. The van der Waals surface area contributed by atoms with Crippen LogP contribution in [0.15, 0.2) is 0 Å².